The number of aliphatic imine (C=N–C) groups is 1. The summed E-state index contributed by atoms with van der Waals surface area (Å²) in [6, 6.07) is 21.6. The van der Waals surface area contributed by atoms with Crippen molar-refractivity contribution in [2.75, 3.05) is 13.1 Å². The number of aryl methyl sites for hydroxylation is 1. The highest BCUT2D eigenvalue weighted by molar-refractivity contribution is 14.0. The smallest absolute Gasteiger partial charge is 0.192 e. The molecule has 2 aromatic carbocycles. The van der Waals surface area contributed by atoms with E-state index >= 15 is 0 Å². The molecular formula is C25H34IN7. The first-order chi connectivity index (χ1) is 15.7. The van der Waals surface area contributed by atoms with Crippen molar-refractivity contribution in [3.63, 3.8) is 0 Å². The first-order valence-electron chi connectivity index (χ1n) is 11.4. The normalized spacial score (nSPS) is 16.4. The lowest BCUT2D eigenvalue weighted by molar-refractivity contribution is 0.245. The van der Waals surface area contributed by atoms with Crippen LogP contribution in [0.15, 0.2) is 65.7 Å². The lowest BCUT2D eigenvalue weighted by Gasteiger charge is -2.25. The van der Waals surface area contributed by atoms with E-state index in [9.17, 15) is 0 Å². The first-order valence-corrected chi connectivity index (χ1v) is 11.4. The standard InChI is InChI=1S/C25H33N7.HI/c1-20-29-30-24(31(20)2)18-28-25(26-16-21-10-5-3-6-11-21)27-17-23-14-9-15-32(23)19-22-12-7-4-8-13-22;/h3-8,10-13,23H,9,14-19H2,1-2H3,(H2,26,27,28);1H. The summed E-state index contributed by atoms with van der Waals surface area (Å²) >= 11 is 0. The molecule has 0 bridgehead atoms. The zero-order valence-corrected chi connectivity index (χ0v) is 21.8. The van der Waals surface area contributed by atoms with Gasteiger partial charge in [-0.15, -0.1) is 34.2 Å². The largest absolute Gasteiger partial charge is 0.355 e. The molecule has 3 aromatic rings. The zero-order chi connectivity index (χ0) is 22.2. The molecule has 2 heterocycles. The molecule has 1 fully saturated rings. The van der Waals surface area contributed by atoms with Gasteiger partial charge in [0.1, 0.15) is 5.82 Å². The molecule has 0 spiro atoms. The summed E-state index contributed by atoms with van der Waals surface area (Å²) in [4.78, 5) is 7.41. The summed E-state index contributed by atoms with van der Waals surface area (Å²) in [5, 5.41) is 15.4. The van der Waals surface area contributed by atoms with Crippen molar-refractivity contribution >= 4 is 29.9 Å². The highest BCUT2D eigenvalue weighted by Gasteiger charge is 2.24. The van der Waals surface area contributed by atoms with E-state index < -0.39 is 0 Å². The van der Waals surface area contributed by atoms with E-state index in [-0.39, 0.29) is 24.0 Å². The van der Waals surface area contributed by atoms with Gasteiger partial charge in [0.05, 0.1) is 13.1 Å². The van der Waals surface area contributed by atoms with E-state index in [1.807, 2.05) is 36.7 Å². The van der Waals surface area contributed by atoms with Crippen LogP contribution in [0.1, 0.15) is 35.6 Å². The Labute approximate surface area is 213 Å². The Morgan fingerprint density at radius 2 is 1.70 bits per heavy atom. The lowest BCUT2D eigenvalue weighted by Crippen LogP contribution is -2.44. The second-order valence-electron chi connectivity index (χ2n) is 8.36. The molecule has 0 amide bonds. The van der Waals surface area contributed by atoms with Crippen molar-refractivity contribution in [3.05, 3.63) is 83.4 Å². The van der Waals surface area contributed by atoms with Gasteiger partial charge < -0.3 is 15.2 Å². The van der Waals surface area contributed by atoms with E-state index in [2.05, 4.69) is 68.2 Å². The fourth-order valence-corrected chi connectivity index (χ4v) is 4.06. The number of halogens is 1. The molecule has 1 aliphatic heterocycles. The maximum absolute atomic E-state index is 4.83. The number of hydrogen-bond acceptors (Lipinski definition) is 4. The van der Waals surface area contributed by atoms with Gasteiger partial charge in [0.2, 0.25) is 0 Å². The van der Waals surface area contributed by atoms with Crippen LogP contribution in [0.2, 0.25) is 0 Å². The molecule has 8 heteroatoms. The van der Waals surface area contributed by atoms with Crippen LogP contribution >= 0.6 is 24.0 Å². The van der Waals surface area contributed by atoms with Gasteiger partial charge >= 0.3 is 0 Å². The fourth-order valence-electron chi connectivity index (χ4n) is 4.06. The van der Waals surface area contributed by atoms with Crippen molar-refractivity contribution in [1.29, 1.82) is 0 Å². The first kappa shape index (κ1) is 25.2. The Balaban J connectivity index is 0.00000306. The van der Waals surface area contributed by atoms with E-state index in [1.54, 1.807) is 0 Å². The zero-order valence-electron chi connectivity index (χ0n) is 19.4. The Morgan fingerprint density at radius 3 is 2.36 bits per heavy atom. The summed E-state index contributed by atoms with van der Waals surface area (Å²) < 4.78 is 2.00. The van der Waals surface area contributed by atoms with Crippen LogP contribution in [-0.2, 0) is 26.7 Å². The molecule has 4 rings (SSSR count). The molecule has 1 atom stereocenters. The van der Waals surface area contributed by atoms with E-state index in [1.165, 1.54) is 24.0 Å². The van der Waals surface area contributed by atoms with E-state index in [4.69, 9.17) is 4.99 Å². The predicted molar refractivity (Wildman–Crippen MR) is 143 cm³/mol. The molecule has 7 nitrogen and oxygen atoms in total. The minimum Gasteiger partial charge on any atom is -0.355 e. The van der Waals surface area contributed by atoms with E-state index in [0.29, 0.717) is 19.1 Å². The van der Waals surface area contributed by atoms with Gasteiger partial charge in [0.15, 0.2) is 11.8 Å². The maximum Gasteiger partial charge on any atom is 0.192 e. The Hall–Kier alpha value is -2.46. The monoisotopic (exact) mass is 559 g/mol. The minimum atomic E-state index is 0. The lowest BCUT2D eigenvalue weighted by atomic mass is 10.2. The van der Waals surface area contributed by atoms with Crippen LogP contribution in [-0.4, -0.2) is 44.8 Å². The molecule has 1 unspecified atom stereocenters. The predicted octanol–water partition coefficient (Wildman–Crippen LogP) is 3.64. The molecule has 0 radical (unpaired) electrons. The van der Waals surface area contributed by atoms with Crippen molar-refractivity contribution in [3.8, 4) is 0 Å². The molecule has 1 aliphatic rings. The molecule has 0 saturated carbocycles. The summed E-state index contributed by atoms with van der Waals surface area (Å²) in [6.45, 7) is 6.17. The molecular weight excluding hydrogens is 525 g/mol. The number of aromatic nitrogens is 3. The fraction of sp³-hybridized carbons (Fsp3) is 0.400. The van der Waals surface area contributed by atoms with Crippen molar-refractivity contribution in [2.24, 2.45) is 12.0 Å². The van der Waals surface area contributed by atoms with Crippen LogP contribution < -0.4 is 10.6 Å². The molecule has 0 aliphatic carbocycles. The van der Waals surface area contributed by atoms with Crippen LogP contribution in [0.5, 0.6) is 0 Å². The van der Waals surface area contributed by atoms with Crippen molar-refractivity contribution in [2.45, 2.75) is 45.4 Å². The summed E-state index contributed by atoms with van der Waals surface area (Å²) in [7, 11) is 1.99. The van der Waals surface area contributed by atoms with Gasteiger partial charge in [0.25, 0.3) is 0 Å². The van der Waals surface area contributed by atoms with E-state index in [0.717, 1.165) is 37.2 Å². The molecule has 33 heavy (non-hydrogen) atoms. The average molecular weight is 560 g/mol. The Kier molecular flexibility index (Phi) is 9.68. The molecule has 176 valence electrons. The number of nitrogens with one attached hydrogen (secondary N) is 2. The highest BCUT2D eigenvalue weighted by atomic mass is 127. The van der Waals surface area contributed by atoms with Crippen LogP contribution in [0.4, 0.5) is 0 Å². The second kappa shape index (κ2) is 12.7. The number of likely N-dealkylation sites (tertiary alicyclic amines) is 1. The summed E-state index contributed by atoms with van der Waals surface area (Å²) in [5.41, 5.74) is 2.56. The number of rotatable bonds is 8. The minimum absolute atomic E-state index is 0. The SMILES string of the molecule is Cc1nnc(CNC(=NCc2ccccc2)NCC2CCCN2Cc2ccccc2)n1C.I. The van der Waals surface area contributed by atoms with Crippen molar-refractivity contribution < 1.29 is 0 Å². The third-order valence-electron chi connectivity index (χ3n) is 6.09. The van der Waals surface area contributed by atoms with Gasteiger partial charge in [-0.2, -0.15) is 0 Å². The summed E-state index contributed by atoms with van der Waals surface area (Å²) in [5.74, 6) is 2.60. The summed E-state index contributed by atoms with van der Waals surface area (Å²) in [6.07, 6.45) is 2.44. The Bertz CT molecular complexity index is 1000. The maximum atomic E-state index is 4.83. The molecule has 2 N–H and O–H groups in total. The van der Waals surface area contributed by atoms with Gasteiger partial charge in [-0.05, 0) is 37.4 Å². The van der Waals surface area contributed by atoms with Crippen LogP contribution in [0.3, 0.4) is 0 Å². The van der Waals surface area contributed by atoms with Gasteiger partial charge in [-0.25, -0.2) is 4.99 Å². The van der Waals surface area contributed by atoms with Crippen LogP contribution in [0, 0.1) is 6.92 Å². The molecule has 1 aromatic heterocycles. The number of nitrogens with zero attached hydrogens (tertiary/aromatic N) is 5. The van der Waals surface area contributed by atoms with Gasteiger partial charge in [0, 0.05) is 26.2 Å². The highest BCUT2D eigenvalue weighted by Crippen LogP contribution is 2.19. The number of guanidine groups is 1. The third kappa shape index (κ3) is 7.26. The van der Waals surface area contributed by atoms with Gasteiger partial charge in [-0.1, -0.05) is 60.7 Å². The number of hydrogen-bond donors (Lipinski definition) is 2. The Morgan fingerprint density at radius 1 is 1.00 bits per heavy atom. The number of benzene rings is 2. The van der Waals surface area contributed by atoms with Crippen molar-refractivity contribution in [1.82, 2.24) is 30.3 Å². The second-order valence-corrected chi connectivity index (χ2v) is 8.36. The average Bonchev–Trinajstić information content (AvgIpc) is 3.40. The third-order valence-corrected chi connectivity index (χ3v) is 6.09. The van der Waals surface area contributed by atoms with Crippen LogP contribution in [0.25, 0.3) is 0 Å². The molecule has 1 saturated heterocycles. The van der Waals surface area contributed by atoms with Gasteiger partial charge in [-0.3, -0.25) is 4.90 Å². The quantitative estimate of drug-likeness (QED) is 0.251. The topological polar surface area (TPSA) is 70.4 Å².